The molecule has 0 radical (unpaired) electrons. The third-order valence-corrected chi connectivity index (χ3v) is 10.3. The minimum Gasteiger partial charge on any atom is -0.464 e. The Bertz CT molecular complexity index is 1970. The zero-order valence-electron chi connectivity index (χ0n) is 28.2. The molecule has 2 fully saturated rings. The molecule has 0 saturated carbocycles. The zero-order chi connectivity index (χ0) is 33.7. The Morgan fingerprint density at radius 3 is 2.46 bits per heavy atom. The topological polar surface area (TPSA) is 94.8 Å². The molecule has 0 amide bonds. The first kappa shape index (κ1) is 32.9. The lowest BCUT2D eigenvalue weighted by Crippen LogP contribution is -2.56. The Labute approximate surface area is 289 Å². The number of anilines is 1. The van der Waals surface area contributed by atoms with Crippen LogP contribution >= 0.6 is 22.9 Å². The number of carbonyl (C=O) groups is 1. The van der Waals surface area contributed by atoms with Crippen LogP contribution in [-0.2, 0) is 26.1 Å². The molecule has 0 bridgehead atoms. The van der Waals surface area contributed by atoms with E-state index in [-0.39, 0.29) is 6.61 Å². The van der Waals surface area contributed by atoms with Gasteiger partial charge in [-0.1, -0.05) is 23.7 Å². The van der Waals surface area contributed by atoms with E-state index in [0.717, 1.165) is 99.4 Å². The van der Waals surface area contributed by atoms with Crippen LogP contribution in [0.5, 0.6) is 0 Å². The van der Waals surface area contributed by atoms with Gasteiger partial charge in [0.15, 0.2) is 11.9 Å². The molecule has 0 aliphatic carbocycles. The molecule has 1 atom stereocenters. The number of ether oxygens (including phenoxy) is 3. The van der Waals surface area contributed by atoms with Crippen molar-refractivity contribution in [2.24, 2.45) is 7.05 Å². The number of pyridine rings is 1. The highest BCUT2D eigenvalue weighted by atomic mass is 35.5. The first-order valence-electron chi connectivity index (χ1n) is 16.5. The van der Waals surface area contributed by atoms with Crippen molar-refractivity contribution in [3.63, 3.8) is 0 Å². The molecule has 2 aliphatic heterocycles. The summed E-state index contributed by atoms with van der Waals surface area (Å²) in [5, 5.41) is 6.33. The van der Waals surface area contributed by atoms with Gasteiger partial charge in [0, 0.05) is 49.4 Å². The molecule has 5 heterocycles. The van der Waals surface area contributed by atoms with Gasteiger partial charge in [-0.3, -0.25) is 9.58 Å². The van der Waals surface area contributed by atoms with Crippen molar-refractivity contribution in [3.05, 3.63) is 58.6 Å². The third-order valence-electron chi connectivity index (χ3n) is 8.94. The van der Waals surface area contributed by atoms with Gasteiger partial charge < -0.3 is 19.1 Å². The van der Waals surface area contributed by atoms with Crippen LogP contribution < -0.4 is 4.90 Å². The summed E-state index contributed by atoms with van der Waals surface area (Å²) in [6, 6.07) is 14.3. The number of benzene rings is 2. The van der Waals surface area contributed by atoms with Gasteiger partial charge in [-0.2, -0.15) is 5.10 Å². The summed E-state index contributed by atoms with van der Waals surface area (Å²) in [5.74, 6) is 0.476. The van der Waals surface area contributed by atoms with Crippen molar-refractivity contribution in [3.8, 4) is 21.8 Å². The quantitative estimate of drug-likeness (QED) is 0.163. The molecule has 252 valence electrons. The first-order valence-corrected chi connectivity index (χ1v) is 17.7. The summed E-state index contributed by atoms with van der Waals surface area (Å²) < 4.78 is 20.3. The number of hydrogen-bond donors (Lipinski definition) is 0. The highest BCUT2D eigenvalue weighted by Gasteiger charge is 2.34. The molecule has 2 aromatic carbocycles. The van der Waals surface area contributed by atoms with Gasteiger partial charge >= 0.3 is 5.97 Å². The van der Waals surface area contributed by atoms with E-state index in [2.05, 4.69) is 15.9 Å². The first-order chi connectivity index (χ1) is 23.0. The predicted octanol–water partition coefficient (Wildman–Crippen LogP) is 6.81. The van der Waals surface area contributed by atoms with E-state index in [0.29, 0.717) is 11.1 Å². The van der Waals surface area contributed by atoms with E-state index in [1.807, 2.05) is 75.8 Å². The third kappa shape index (κ3) is 6.30. The van der Waals surface area contributed by atoms with Crippen LogP contribution in [0.4, 0.5) is 5.82 Å². The average molecular weight is 689 g/mol. The maximum atomic E-state index is 13.5. The zero-order valence-corrected chi connectivity index (χ0v) is 29.8. The molecule has 0 unspecified atom stereocenters. The number of thiazole rings is 1. The van der Waals surface area contributed by atoms with Gasteiger partial charge in [0.2, 0.25) is 0 Å². The predicted molar refractivity (Wildman–Crippen MR) is 191 cm³/mol. The van der Waals surface area contributed by atoms with Gasteiger partial charge in [0.1, 0.15) is 10.5 Å². The van der Waals surface area contributed by atoms with Crippen LogP contribution in [0.2, 0.25) is 5.02 Å². The van der Waals surface area contributed by atoms with Gasteiger partial charge in [0.25, 0.3) is 0 Å². The largest absolute Gasteiger partial charge is 0.464 e. The van der Waals surface area contributed by atoms with Gasteiger partial charge in [-0.25, -0.2) is 14.8 Å². The van der Waals surface area contributed by atoms with E-state index in [4.69, 9.17) is 40.9 Å². The second kappa shape index (κ2) is 13.0. The van der Waals surface area contributed by atoms with Gasteiger partial charge in [-0.15, -0.1) is 11.3 Å². The minimum atomic E-state index is -0.935. The van der Waals surface area contributed by atoms with Crippen molar-refractivity contribution >= 4 is 56.0 Å². The summed E-state index contributed by atoms with van der Waals surface area (Å²) >= 11 is 7.88. The normalized spacial score (nSPS) is 16.9. The molecule has 0 N–H and O–H groups in total. The Balaban J connectivity index is 1.33. The van der Waals surface area contributed by atoms with Crippen LogP contribution in [0.25, 0.3) is 43.1 Å². The molecule has 48 heavy (non-hydrogen) atoms. The summed E-state index contributed by atoms with van der Waals surface area (Å²) in [7, 11) is 1.97. The van der Waals surface area contributed by atoms with E-state index in [9.17, 15) is 4.79 Å². The Morgan fingerprint density at radius 1 is 1.08 bits per heavy atom. The number of nitrogens with zero attached hydrogens (tertiary/aromatic N) is 6. The van der Waals surface area contributed by atoms with Gasteiger partial charge in [0.05, 0.1) is 52.9 Å². The molecular formula is C36H41ClN6O4S. The van der Waals surface area contributed by atoms with E-state index >= 15 is 0 Å². The second-order valence-corrected chi connectivity index (χ2v) is 14.9. The Kier molecular flexibility index (Phi) is 8.93. The van der Waals surface area contributed by atoms with Crippen molar-refractivity contribution in [2.75, 3.05) is 50.9 Å². The van der Waals surface area contributed by atoms with Crippen molar-refractivity contribution in [1.82, 2.24) is 24.6 Å². The number of halogens is 1. The van der Waals surface area contributed by atoms with Crippen LogP contribution in [0.15, 0.2) is 42.5 Å². The summed E-state index contributed by atoms with van der Waals surface area (Å²) in [5.41, 5.74) is 6.28. The van der Waals surface area contributed by atoms with Crippen LogP contribution in [0, 0.1) is 6.92 Å². The molecule has 12 heteroatoms. The average Bonchev–Trinajstić information content (AvgIpc) is 3.59. The highest BCUT2D eigenvalue weighted by Crippen LogP contribution is 2.45. The van der Waals surface area contributed by atoms with Gasteiger partial charge in [-0.05, 0) is 76.1 Å². The second-order valence-electron chi connectivity index (χ2n) is 13.4. The van der Waals surface area contributed by atoms with E-state index in [1.165, 1.54) is 0 Å². The molecule has 2 saturated heterocycles. The summed E-state index contributed by atoms with van der Waals surface area (Å²) in [6.45, 7) is 15.3. The monoisotopic (exact) mass is 688 g/mol. The highest BCUT2D eigenvalue weighted by molar-refractivity contribution is 7.22. The molecule has 10 nitrogen and oxygen atoms in total. The number of aromatic nitrogens is 4. The number of carbonyl (C=O) groups excluding carboxylic acids is 1. The maximum Gasteiger partial charge on any atom is 0.339 e. The molecule has 7 rings (SSSR count). The number of rotatable bonds is 8. The lowest BCUT2D eigenvalue weighted by molar-refractivity contribution is -0.166. The maximum absolute atomic E-state index is 13.5. The molecule has 3 aromatic heterocycles. The van der Waals surface area contributed by atoms with Crippen LogP contribution in [0.1, 0.15) is 44.9 Å². The van der Waals surface area contributed by atoms with E-state index < -0.39 is 17.7 Å². The SMILES string of the molecule is CCOC(=O)[C@@H](OC(C)(C)C)c1c(C)cc2nc(-c3ccc4c(n3)c(N3CCN(C5COC5)CC3)nn4C)sc2c1-c1ccc(Cl)cc1. The van der Waals surface area contributed by atoms with Crippen LogP contribution in [-0.4, -0.2) is 88.3 Å². The molecule has 2 aliphatic rings. The number of esters is 1. The van der Waals surface area contributed by atoms with Crippen LogP contribution in [0.3, 0.4) is 0 Å². The fourth-order valence-corrected chi connectivity index (χ4v) is 7.76. The number of fused-ring (bicyclic) bond motifs is 2. The smallest absolute Gasteiger partial charge is 0.339 e. The number of hydrogen-bond acceptors (Lipinski definition) is 10. The lowest BCUT2D eigenvalue weighted by atomic mass is 9.91. The number of piperazine rings is 1. The summed E-state index contributed by atoms with van der Waals surface area (Å²) in [6.07, 6.45) is -0.935. The number of aryl methyl sites for hydroxylation is 2. The Hall–Kier alpha value is -3.61. The molecule has 0 spiro atoms. The lowest BCUT2D eigenvalue weighted by Gasteiger charge is -2.42. The molecule has 5 aromatic rings. The summed E-state index contributed by atoms with van der Waals surface area (Å²) in [4.78, 5) is 28.7. The van der Waals surface area contributed by atoms with E-state index in [1.54, 1.807) is 18.3 Å². The minimum absolute atomic E-state index is 0.251. The standard InChI is InChI=1S/C36H41ClN6O4S/c1-7-46-35(44)31(47-36(3,4)5)28-21(2)18-26-32(29(28)22-8-10-23(37)11-9-22)48-34(39-26)25-12-13-27-30(38-25)33(40-41(27)6)43-16-14-42(15-17-43)24-19-45-20-24/h8-13,18,24,31H,7,14-17,19-20H2,1-6H3/t31-/m0/s1. The fraction of sp³-hybridized carbons (Fsp3) is 0.444. The Morgan fingerprint density at radius 2 is 1.81 bits per heavy atom. The fourth-order valence-electron chi connectivity index (χ4n) is 6.54. The van der Waals surface area contributed by atoms with Crippen molar-refractivity contribution < 1.29 is 19.0 Å². The van der Waals surface area contributed by atoms with Crippen molar-refractivity contribution in [2.45, 2.75) is 52.4 Å². The molecular weight excluding hydrogens is 648 g/mol. The van der Waals surface area contributed by atoms with Crippen molar-refractivity contribution in [1.29, 1.82) is 0 Å².